The second-order valence-electron chi connectivity index (χ2n) is 9.96. The number of ether oxygens (including phenoxy) is 1. The molecule has 6 nitrogen and oxygen atoms in total. The number of hydrogen-bond acceptors (Lipinski definition) is 6. The molecule has 1 fully saturated rings. The van der Waals surface area contributed by atoms with Crippen molar-refractivity contribution in [2.75, 3.05) is 18.4 Å². The van der Waals surface area contributed by atoms with Crippen molar-refractivity contribution < 1.29 is 9.53 Å². The number of pyridine rings is 1. The summed E-state index contributed by atoms with van der Waals surface area (Å²) in [7, 11) is 0. The van der Waals surface area contributed by atoms with Gasteiger partial charge < -0.3 is 15.0 Å². The molecular formula is C25H36N4O2S. The molecule has 1 aromatic carbocycles. The van der Waals surface area contributed by atoms with E-state index in [1.165, 1.54) is 0 Å². The number of carbonyl (C=O) groups is 1. The van der Waals surface area contributed by atoms with Crippen molar-refractivity contribution in [3.8, 4) is 0 Å². The summed E-state index contributed by atoms with van der Waals surface area (Å²) in [6.07, 6.45) is 2.94. The fourth-order valence-electron chi connectivity index (χ4n) is 4.02. The molecule has 1 unspecified atom stereocenters. The predicted molar refractivity (Wildman–Crippen MR) is 132 cm³/mol. The molecule has 0 saturated carbocycles. The minimum atomic E-state index is -0.464. The van der Waals surface area contributed by atoms with Crippen molar-refractivity contribution in [1.82, 2.24) is 14.6 Å². The van der Waals surface area contributed by atoms with Gasteiger partial charge in [0.05, 0.1) is 0 Å². The molecule has 1 aromatic heterocycles. The van der Waals surface area contributed by atoms with E-state index in [0.717, 1.165) is 48.9 Å². The number of carbonyl (C=O) groups excluding carboxylic acids is 1. The van der Waals surface area contributed by atoms with E-state index in [1.54, 1.807) is 11.9 Å². The lowest BCUT2D eigenvalue weighted by Gasteiger charge is -2.33. The number of anilines is 2. The van der Waals surface area contributed by atoms with Crippen molar-refractivity contribution in [1.29, 1.82) is 0 Å². The minimum absolute atomic E-state index is 0.161. The predicted octanol–water partition coefficient (Wildman–Crippen LogP) is 6.24. The third kappa shape index (κ3) is 7.41. The largest absolute Gasteiger partial charge is 0.444 e. The zero-order chi connectivity index (χ0) is 23.2. The molecule has 0 bridgehead atoms. The molecule has 0 spiro atoms. The summed E-state index contributed by atoms with van der Waals surface area (Å²) in [4.78, 5) is 19.1. The summed E-state index contributed by atoms with van der Waals surface area (Å²) in [5.74, 6) is 1.33. The Morgan fingerprint density at radius 2 is 1.94 bits per heavy atom. The number of rotatable bonds is 8. The molecule has 2 heterocycles. The average molecular weight is 457 g/mol. The van der Waals surface area contributed by atoms with Crippen molar-refractivity contribution in [3.05, 3.63) is 48.5 Å². The van der Waals surface area contributed by atoms with E-state index in [4.69, 9.17) is 4.74 Å². The van der Waals surface area contributed by atoms with Crippen LogP contribution in [0.15, 0.2) is 53.6 Å². The van der Waals surface area contributed by atoms with Gasteiger partial charge in [-0.25, -0.2) is 9.78 Å². The maximum atomic E-state index is 12.6. The first kappa shape index (κ1) is 24.4. The SMILES string of the molecule is CC(C)(C)OC(=O)N1CC(CCCNSc2cccc(Nc3ccccc3)n2)CC1(C)C. The highest BCUT2D eigenvalue weighted by atomic mass is 32.2. The van der Waals surface area contributed by atoms with Crippen LogP contribution in [0.3, 0.4) is 0 Å². The van der Waals surface area contributed by atoms with E-state index in [9.17, 15) is 4.79 Å². The van der Waals surface area contributed by atoms with E-state index in [1.807, 2.05) is 74.2 Å². The molecule has 1 aliphatic rings. The monoisotopic (exact) mass is 456 g/mol. The molecule has 0 radical (unpaired) electrons. The van der Waals surface area contributed by atoms with E-state index in [-0.39, 0.29) is 11.6 Å². The van der Waals surface area contributed by atoms with Gasteiger partial charge >= 0.3 is 6.09 Å². The lowest BCUT2D eigenvalue weighted by Crippen LogP contribution is -2.45. The third-order valence-electron chi connectivity index (χ3n) is 5.41. The lowest BCUT2D eigenvalue weighted by molar-refractivity contribution is 0.0131. The summed E-state index contributed by atoms with van der Waals surface area (Å²) in [6, 6.07) is 16.0. The van der Waals surface area contributed by atoms with Crippen LogP contribution in [-0.4, -0.2) is 40.2 Å². The van der Waals surface area contributed by atoms with E-state index >= 15 is 0 Å². The van der Waals surface area contributed by atoms with Gasteiger partial charge in [-0.2, -0.15) is 0 Å². The molecule has 1 aliphatic heterocycles. The Bertz CT molecular complexity index is 883. The van der Waals surface area contributed by atoms with Crippen LogP contribution in [0, 0.1) is 5.92 Å². The highest BCUT2D eigenvalue weighted by Crippen LogP contribution is 2.36. The van der Waals surface area contributed by atoms with Crippen molar-refractivity contribution >= 4 is 29.5 Å². The van der Waals surface area contributed by atoms with Gasteiger partial charge in [0, 0.05) is 24.3 Å². The van der Waals surface area contributed by atoms with E-state index in [2.05, 4.69) is 28.9 Å². The van der Waals surface area contributed by atoms with E-state index in [0.29, 0.717) is 5.92 Å². The Labute approximate surface area is 196 Å². The van der Waals surface area contributed by atoms with Gasteiger partial charge in [0.1, 0.15) is 16.4 Å². The van der Waals surface area contributed by atoms with Gasteiger partial charge in [-0.15, -0.1) is 0 Å². The van der Waals surface area contributed by atoms with Crippen LogP contribution in [0.25, 0.3) is 0 Å². The molecule has 1 amide bonds. The molecular weight excluding hydrogens is 420 g/mol. The second-order valence-corrected chi connectivity index (χ2v) is 10.9. The Morgan fingerprint density at radius 1 is 1.19 bits per heavy atom. The Balaban J connectivity index is 1.39. The normalized spacial score (nSPS) is 17.9. The fourth-order valence-corrected chi connectivity index (χ4v) is 4.70. The molecule has 174 valence electrons. The van der Waals surface area contributed by atoms with Crippen molar-refractivity contribution in [3.63, 3.8) is 0 Å². The molecule has 0 aliphatic carbocycles. The number of likely N-dealkylation sites (tertiary alicyclic amines) is 1. The fraction of sp³-hybridized carbons (Fsp3) is 0.520. The number of nitrogens with zero attached hydrogens (tertiary/aromatic N) is 2. The molecule has 2 aromatic rings. The number of para-hydroxylation sites is 1. The first-order valence-corrected chi connectivity index (χ1v) is 12.1. The quantitative estimate of drug-likeness (QED) is 0.362. The molecule has 2 N–H and O–H groups in total. The van der Waals surface area contributed by atoms with Crippen molar-refractivity contribution in [2.24, 2.45) is 5.92 Å². The average Bonchev–Trinajstić information content (AvgIpc) is 3.02. The smallest absolute Gasteiger partial charge is 0.410 e. The third-order valence-corrected chi connectivity index (χ3v) is 6.20. The van der Waals surface area contributed by atoms with Crippen LogP contribution in [0.1, 0.15) is 53.9 Å². The number of nitrogens with one attached hydrogen (secondary N) is 2. The maximum absolute atomic E-state index is 12.6. The van der Waals surface area contributed by atoms with Crippen LogP contribution in [0.5, 0.6) is 0 Å². The minimum Gasteiger partial charge on any atom is -0.444 e. The van der Waals surface area contributed by atoms with Crippen LogP contribution in [0.2, 0.25) is 0 Å². The summed E-state index contributed by atoms with van der Waals surface area (Å²) in [5.41, 5.74) is 0.398. The lowest BCUT2D eigenvalue weighted by atomic mass is 9.93. The molecule has 7 heteroatoms. The molecule has 3 rings (SSSR count). The number of hydrogen-bond donors (Lipinski definition) is 2. The zero-order valence-corrected chi connectivity index (χ0v) is 20.7. The summed E-state index contributed by atoms with van der Waals surface area (Å²) in [5, 5.41) is 4.26. The Morgan fingerprint density at radius 3 is 2.66 bits per heavy atom. The topological polar surface area (TPSA) is 66.5 Å². The zero-order valence-electron chi connectivity index (χ0n) is 19.9. The first-order chi connectivity index (χ1) is 15.1. The number of amides is 1. The van der Waals surface area contributed by atoms with Gasteiger partial charge in [0.2, 0.25) is 0 Å². The Kier molecular flexibility index (Phi) is 8.06. The van der Waals surface area contributed by atoms with Crippen LogP contribution < -0.4 is 10.0 Å². The number of benzene rings is 1. The maximum Gasteiger partial charge on any atom is 0.410 e. The highest BCUT2D eigenvalue weighted by Gasteiger charge is 2.42. The van der Waals surface area contributed by atoms with Crippen molar-refractivity contribution in [2.45, 2.75) is 70.0 Å². The van der Waals surface area contributed by atoms with Gasteiger partial charge in [-0.05, 0) is 96.0 Å². The van der Waals surface area contributed by atoms with Gasteiger partial charge in [0.25, 0.3) is 0 Å². The first-order valence-electron chi connectivity index (χ1n) is 11.3. The van der Waals surface area contributed by atoms with Gasteiger partial charge in [0.15, 0.2) is 0 Å². The van der Waals surface area contributed by atoms with Crippen LogP contribution in [0.4, 0.5) is 16.3 Å². The molecule has 1 atom stereocenters. The van der Waals surface area contributed by atoms with Crippen LogP contribution in [-0.2, 0) is 4.74 Å². The molecule has 32 heavy (non-hydrogen) atoms. The standard InChI is InChI=1S/C25H36N4O2S/c1-24(2,3)31-23(30)29-18-19(17-25(29,4)5)11-10-16-26-32-22-15-9-14-21(28-22)27-20-12-7-6-8-13-20/h6-9,12-15,19,26H,10-11,16-18H2,1-5H3,(H,27,28). The number of aromatic nitrogens is 1. The summed E-state index contributed by atoms with van der Waals surface area (Å²) >= 11 is 1.55. The summed E-state index contributed by atoms with van der Waals surface area (Å²) < 4.78 is 9.03. The van der Waals surface area contributed by atoms with Gasteiger partial charge in [-0.3, -0.25) is 4.72 Å². The summed E-state index contributed by atoms with van der Waals surface area (Å²) in [6.45, 7) is 11.7. The van der Waals surface area contributed by atoms with Gasteiger partial charge in [-0.1, -0.05) is 24.3 Å². The van der Waals surface area contributed by atoms with E-state index < -0.39 is 5.60 Å². The Hall–Kier alpha value is -2.25. The highest BCUT2D eigenvalue weighted by molar-refractivity contribution is 7.97. The molecule has 1 saturated heterocycles. The second kappa shape index (κ2) is 10.6. The van der Waals surface area contributed by atoms with Crippen LogP contribution >= 0.6 is 11.9 Å².